The van der Waals surface area contributed by atoms with Gasteiger partial charge in [0.25, 0.3) is 0 Å². The molecule has 0 aliphatic rings. The number of benzene rings is 1. The molecule has 0 aliphatic carbocycles. The summed E-state index contributed by atoms with van der Waals surface area (Å²) in [4.78, 5) is 0. The van der Waals surface area contributed by atoms with Crippen LogP contribution in [0.25, 0.3) is 10.9 Å². The smallest absolute Gasteiger partial charge is 0.0926 e. The Labute approximate surface area is 83.3 Å². The van der Waals surface area contributed by atoms with Crippen LogP contribution in [0.5, 0.6) is 0 Å². The zero-order chi connectivity index (χ0) is 9.97. The zero-order valence-electron chi connectivity index (χ0n) is 8.38. The van der Waals surface area contributed by atoms with Gasteiger partial charge in [0, 0.05) is 11.1 Å². The second kappa shape index (κ2) is 3.80. The fourth-order valence-corrected chi connectivity index (χ4v) is 1.83. The van der Waals surface area contributed by atoms with Gasteiger partial charge in [-0.2, -0.15) is 5.10 Å². The Morgan fingerprint density at radius 3 is 3.00 bits per heavy atom. The molecule has 0 radical (unpaired) electrons. The lowest BCUT2D eigenvalue weighted by Crippen LogP contribution is -2.03. The van der Waals surface area contributed by atoms with Crippen molar-refractivity contribution in [3.63, 3.8) is 0 Å². The maximum Gasteiger partial charge on any atom is 0.0926 e. The zero-order valence-corrected chi connectivity index (χ0v) is 8.38. The van der Waals surface area contributed by atoms with E-state index in [1.54, 1.807) is 0 Å². The van der Waals surface area contributed by atoms with Crippen LogP contribution in [0, 0.1) is 0 Å². The first-order valence-electron chi connectivity index (χ1n) is 5.01. The molecule has 74 valence electrons. The van der Waals surface area contributed by atoms with Gasteiger partial charge in [0.05, 0.1) is 5.52 Å². The maximum absolute atomic E-state index is 5.58. The fraction of sp³-hybridized carbons (Fsp3) is 0.364. The standard InChI is InChI=1S/C11H15N3/c1-2-9-11-8(6-7-12)4-3-5-10(11)14-13-9/h3-5H,2,6-7,12H2,1H3,(H,13,14). The van der Waals surface area contributed by atoms with E-state index in [0.717, 1.165) is 18.4 Å². The molecule has 1 aromatic carbocycles. The normalized spacial score (nSPS) is 11.0. The van der Waals surface area contributed by atoms with Crippen molar-refractivity contribution in [1.29, 1.82) is 0 Å². The number of nitrogens with zero attached hydrogens (tertiary/aromatic N) is 1. The molecule has 0 saturated carbocycles. The van der Waals surface area contributed by atoms with Crippen molar-refractivity contribution in [3.05, 3.63) is 29.5 Å². The molecule has 0 bridgehead atoms. The molecule has 0 aliphatic heterocycles. The second-order valence-electron chi connectivity index (χ2n) is 3.41. The Morgan fingerprint density at radius 2 is 2.29 bits per heavy atom. The monoisotopic (exact) mass is 189 g/mol. The minimum atomic E-state index is 0.688. The first-order valence-corrected chi connectivity index (χ1v) is 5.01. The van der Waals surface area contributed by atoms with E-state index in [-0.39, 0.29) is 0 Å². The van der Waals surface area contributed by atoms with Crippen molar-refractivity contribution in [2.45, 2.75) is 19.8 Å². The third-order valence-corrected chi connectivity index (χ3v) is 2.51. The van der Waals surface area contributed by atoms with E-state index in [0.29, 0.717) is 6.54 Å². The van der Waals surface area contributed by atoms with Gasteiger partial charge in [0.1, 0.15) is 0 Å². The Morgan fingerprint density at radius 1 is 1.43 bits per heavy atom. The molecule has 0 amide bonds. The molecule has 0 unspecified atom stereocenters. The molecule has 1 heterocycles. The first kappa shape index (κ1) is 9.21. The Kier molecular flexibility index (Phi) is 2.50. The average Bonchev–Trinajstić information content (AvgIpc) is 2.62. The molecular weight excluding hydrogens is 174 g/mol. The molecule has 0 spiro atoms. The maximum atomic E-state index is 5.58. The van der Waals surface area contributed by atoms with Crippen LogP contribution in [0.4, 0.5) is 0 Å². The van der Waals surface area contributed by atoms with E-state index in [4.69, 9.17) is 5.73 Å². The van der Waals surface area contributed by atoms with Crippen molar-refractivity contribution in [1.82, 2.24) is 10.2 Å². The summed E-state index contributed by atoms with van der Waals surface area (Å²) < 4.78 is 0. The van der Waals surface area contributed by atoms with E-state index in [2.05, 4.69) is 23.2 Å². The second-order valence-corrected chi connectivity index (χ2v) is 3.41. The number of aryl methyl sites for hydroxylation is 1. The number of hydrogen-bond acceptors (Lipinski definition) is 2. The average molecular weight is 189 g/mol. The van der Waals surface area contributed by atoms with E-state index < -0.39 is 0 Å². The van der Waals surface area contributed by atoms with Gasteiger partial charge in [-0.1, -0.05) is 19.1 Å². The van der Waals surface area contributed by atoms with Crippen LogP contribution in [0.15, 0.2) is 18.2 Å². The molecule has 3 heteroatoms. The first-order chi connectivity index (χ1) is 6.86. The van der Waals surface area contributed by atoms with Gasteiger partial charge in [-0.15, -0.1) is 0 Å². The number of aromatic amines is 1. The van der Waals surface area contributed by atoms with Crippen molar-refractivity contribution < 1.29 is 0 Å². The van der Waals surface area contributed by atoms with Crippen LogP contribution in [-0.2, 0) is 12.8 Å². The number of hydrogen-bond donors (Lipinski definition) is 2. The molecular formula is C11H15N3. The lowest BCUT2D eigenvalue weighted by molar-refractivity contribution is 0.966. The molecule has 0 fully saturated rings. The van der Waals surface area contributed by atoms with Crippen LogP contribution in [0.3, 0.4) is 0 Å². The predicted octanol–water partition coefficient (Wildman–Crippen LogP) is 1.63. The minimum Gasteiger partial charge on any atom is -0.330 e. The quantitative estimate of drug-likeness (QED) is 0.771. The highest BCUT2D eigenvalue weighted by molar-refractivity contribution is 5.84. The van der Waals surface area contributed by atoms with Crippen molar-refractivity contribution in [3.8, 4) is 0 Å². The van der Waals surface area contributed by atoms with Crippen molar-refractivity contribution >= 4 is 10.9 Å². The summed E-state index contributed by atoms with van der Waals surface area (Å²) in [6, 6.07) is 6.20. The molecule has 2 rings (SSSR count). The van der Waals surface area contributed by atoms with Crippen molar-refractivity contribution in [2.24, 2.45) is 5.73 Å². The topological polar surface area (TPSA) is 54.7 Å². The Bertz CT molecular complexity index is 431. The van der Waals surface area contributed by atoms with Crippen LogP contribution >= 0.6 is 0 Å². The highest BCUT2D eigenvalue weighted by Gasteiger charge is 2.07. The van der Waals surface area contributed by atoms with Gasteiger partial charge in [0.2, 0.25) is 0 Å². The molecule has 0 saturated heterocycles. The number of H-pyrrole nitrogens is 1. The minimum absolute atomic E-state index is 0.688. The van der Waals surface area contributed by atoms with Crippen LogP contribution < -0.4 is 5.73 Å². The van der Waals surface area contributed by atoms with Gasteiger partial charge < -0.3 is 5.73 Å². The van der Waals surface area contributed by atoms with E-state index in [1.807, 2.05) is 12.1 Å². The molecule has 2 aromatic rings. The summed E-state index contributed by atoms with van der Waals surface area (Å²) in [5, 5.41) is 8.60. The SMILES string of the molecule is CCc1[nH]nc2cccc(CCN)c12. The highest BCUT2D eigenvalue weighted by atomic mass is 15.1. The third kappa shape index (κ3) is 1.40. The largest absolute Gasteiger partial charge is 0.330 e. The molecule has 0 atom stereocenters. The highest BCUT2D eigenvalue weighted by Crippen LogP contribution is 2.21. The van der Waals surface area contributed by atoms with Gasteiger partial charge in [-0.3, -0.25) is 5.10 Å². The van der Waals surface area contributed by atoms with Gasteiger partial charge in [-0.05, 0) is 31.0 Å². The third-order valence-electron chi connectivity index (χ3n) is 2.51. The Balaban J connectivity index is 2.62. The number of fused-ring (bicyclic) bond motifs is 1. The molecule has 3 nitrogen and oxygen atoms in total. The molecule has 1 aromatic heterocycles. The summed E-state index contributed by atoms with van der Waals surface area (Å²) in [7, 11) is 0. The van der Waals surface area contributed by atoms with Gasteiger partial charge in [0.15, 0.2) is 0 Å². The van der Waals surface area contributed by atoms with Crippen LogP contribution in [-0.4, -0.2) is 16.7 Å². The number of aromatic nitrogens is 2. The number of nitrogens with two attached hydrogens (primary N) is 1. The van der Waals surface area contributed by atoms with E-state index in [9.17, 15) is 0 Å². The molecule has 3 N–H and O–H groups in total. The fourth-order valence-electron chi connectivity index (χ4n) is 1.83. The van der Waals surface area contributed by atoms with Crippen molar-refractivity contribution in [2.75, 3.05) is 6.54 Å². The van der Waals surface area contributed by atoms with Crippen LogP contribution in [0.2, 0.25) is 0 Å². The van der Waals surface area contributed by atoms with E-state index >= 15 is 0 Å². The van der Waals surface area contributed by atoms with E-state index in [1.165, 1.54) is 16.6 Å². The Hall–Kier alpha value is -1.35. The summed E-state index contributed by atoms with van der Waals surface area (Å²) in [6.07, 6.45) is 1.90. The summed E-state index contributed by atoms with van der Waals surface area (Å²) in [5.74, 6) is 0. The predicted molar refractivity (Wildman–Crippen MR) is 58.2 cm³/mol. The lowest BCUT2D eigenvalue weighted by Gasteiger charge is -2.01. The van der Waals surface area contributed by atoms with Crippen LogP contribution in [0.1, 0.15) is 18.2 Å². The molecule has 14 heavy (non-hydrogen) atoms. The number of nitrogens with one attached hydrogen (secondary N) is 1. The summed E-state index contributed by atoms with van der Waals surface area (Å²) in [5.41, 5.74) is 9.14. The summed E-state index contributed by atoms with van der Waals surface area (Å²) in [6.45, 7) is 2.82. The van der Waals surface area contributed by atoms with Gasteiger partial charge >= 0.3 is 0 Å². The lowest BCUT2D eigenvalue weighted by atomic mass is 10.0. The summed E-state index contributed by atoms with van der Waals surface area (Å²) >= 11 is 0. The number of rotatable bonds is 3. The van der Waals surface area contributed by atoms with Gasteiger partial charge in [-0.25, -0.2) is 0 Å².